The van der Waals surface area contributed by atoms with Crippen LogP contribution < -0.4 is 0 Å². The van der Waals surface area contributed by atoms with Crippen LogP contribution in [-0.2, 0) is 0 Å². The maximum atomic E-state index is 13.1. The third-order valence-corrected chi connectivity index (χ3v) is 3.54. The van der Waals surface area contributed by atoms with Crippen LogP contribution >= 0.6 is 34.8 Å². The van der Waals surface area contributed by atoms with Gasteiger partial charge in [-0.05, 0) is 24.3 Å². The second kappa shape index (κ2) is 4.63. The van der Waals surface area contributed by atoms with E-state index < -0.39 is 5.82 Å². The summed E-state index contributed by atoms with van der Waals surface area (Å²) >= 11 is 17.4. The van der Waals surface area contributed by atoms with Crippen molar-refractivity contribution in [3.8, 4) is 11.4 Å². The van der Waals surface area contributed by atoms with Crippen LogP contribution in [0, 0.1) is 5.82 Å². The highest BCUT2D eigenvalue weighted by Gasteiger charge is 2.11. The Morgan fingerprint density at radius 2 is 1.79 bits per heavy atom. The quantitative estimate of drug-likeness (QED) is 0.660. The Morgan fingerprint density at radius 1 is 1.00 bits per heavy atom. The van der Waals surface area contributed by atoms with E-state index in [0.717, 1.165) is 0 Å². The van der Waals surface area contributed by atoms with Crippen LogP contribution in [0.4, 0.5) is 4.39 Å². The average Bonchev–Trinajstić information content (AvgIpc) is 2.76. The number of aromatic nitrogens is 3. The third kappa shape index (κ3) is 2.27. The number of hydrogen-bond donors (Lipinski definition) is 1. The molecule has 3 aromatic rings. The molecule has 1 aromatic carbocycles. The van der Waals surface area contributed by atoms with Gasteiger partial charge in [-0.15, -0.1) is 0 Å². The van der Waals surface area contributed by atoms with Gasteiger partial charge in [0.2, 0.25) is 0 Å². The Hall–Kier alpha value is -1.36. The van der Waals surface area contributed by atoms with Crippen molar-refractivity contribution in [2.24, 2.45) is 0 Å². The van der Waals surface area contributed by atoms with E-state index in [4.69, 9.17) is 34.8 Å². The van der Waals surface area contributed by atoms with E-state index in [0.29, 0.717) is 27.6 Å². The van der Waals surface area contributed by atoms with E-state index in [1.165, 1.54) is 12.1 Å². The number of benzene rings is 1. The molecule has 2 heterocycles. The highest BCUT2D eigenvalue weighted by atomic mass is 35.5. The molecule has 3 nitrogen and oxygen atoms in total. The van der Waals surface area contributed by atoms with Crippen molar-refractivity contribution in [1.82, 2.24) is 15.0 Å². The smallest absolute Gasteiger partial charge is 0.179 e. The molecule has 0 spiro atoms. The predicted octanol–water partition coefficient (Wildman–Crippen LogP) is 4.72. The number of rotatable bonds is 1. The van der Waals surface area contributed by atoms with Crippen molar-refractivity contribution in [1.29, 1.82) is 0 Å². The van der Waals surface area contributed by atoms with Crippen LogP contribution in [0.2, 0.25) is 15.2 Å². The Balaban J connectivity index is 2.17. The van der Waals surface area contributed by atoms with Crippen LogP contribution in [0.5, 0.6) is 0 Å². The molecule has 96 valence electrons. The van der Waals surface area contributed by atoms with Crippen LogP contribution in [-0.4, -0.2) is 15.0 Å². The minimum Gasteiger partial charge on any atom is -0.337 e. The normalized spacial score (nSPS) is 11.2. The molecular formula is C12H5Cl3FN3. The van der Waals surface area contributed by atoms with Crippen molar-refractivity contribution in [2.75, 3.05) is 0 Å². The van der Waals surface area contributed by atoms with Gasteiger partial charge in [-0.25, -0.2) is 14.4 Å². The fourth-order valence-electron chi connectivity index (χ4n) is 1.68. The van der Waals surface area contributed by atoms with Crippen molar-refractivity contribution >= 4 is 46.0 Å². The highest BCUT2D eigenvalue weighted by Crippen LogP contribution is 2.27. The van der Waals surface area contributed by atoms with E-state index >= 15 is 0 Å². The highest BCUT2D eigenvalue weighted by molar-refractivity contribution is 6.41. The molecule has 19 heavy (non-hydrogen) atoms. The molecule has 0 unspecified atom stereocenters. The molecule has 0 radical (unpaired) electrons. The molecule has 0 bridgehead atoms. The van der Waals surface area contributed by atoms with Crippen LogP contribution in [0.25, 0.3) is 22.6 Å². The van der Waals surface area contributed by atoms with Gasteiger partial charge in [0.25, 0.3) is 0 Å². The maximum absolute atomic E-state index is 13.1. The minimum absolute atomic E-state index is 0.0296. The fraction of sp³-hybridized carbons (Fsp3) is 0. The molecule has 0 amide bonds. The molecule has 0 saturated heterocycles. The minimum atomic E-state index is -0.481. The second-order valence-corrected chi connectivity index (χ2v) is 5.02. The number of aromatic amines is 1. The lowest BCUT2D eigenvalue weighted by Crippen LogP contribution is -1.83. The number of halogens is 4. The number of nitrogens with one attached hydrogen (secondary N) is 1. The molecule has 0 aliphatic rings. The lowest BCUT2D eigenvalue weighted by Gasteiger charge is -1.98. The number of fused-ring (bicyclic) bond motifs is 1. The lowest BCUT2D eigenvalue weighted by atomic mass is 10.2. The number of H-pyrrole nitrogens is 1. The number of imidazole rings is 1. The van der Waals surface area contributed by atoms with E-state index in [1.807, 2.05) is 0 Å². The molecule has 0 aliphatic heterocycles. The fourth-order valence-corrected chi connectivity index (χ4v) is 2.14. The summed E-state index contributed by atoms with van der Waals surface area (Å²) in [6, 6.07) is 5.96. The molecular weight excluding hydrogens is 312 g/mol. The topological polar surface area (TPSA) is 41.6 Å². The summed E-state index contributed by atoms with van der Waals surface area (Å²) in [7, 11) is 0. The molecule has 3 rings (SSSR count). The second-order valence-electron chi connectivity index (χ2n) is 3.85. The number of pyridine rings is 1. The van der Waals surface area contributed by atoms with Gasteiger partial charge >= 0.3 is 0 Å². The standard InChI is InChI=1S/C12H5Cl3FN3/c13-6-3-5(1-2-8(6)16)11-17-9-4-7(14)10(15)18-12(9)19-11/h1-4H,(H,17,18,19). The summed E-state index contributed by atoms with van der Waals surface area (Å²) in [5.74, 6) is 0.0356. The van der Waals surface area contributed by atoms with Gasteiger partial charge in [0.15, 0.2) is 5.65 Å². The Labute approximate surface area is 122 Å². The van der Waals surface area contributed by atoms with Gasteiger partial charge in [-0.1, -0.05) is 34.8 Å². The maximum Gasteiger partial charge on any atom is 0.179 e. The summed E-state index contributed by atoms with van der Waals surface area (Å²) in [4.78, 5) is 11.3. The monoisotopic (exact) mass is 315 g/mol. The van der Waals surface area contributed by atoms with Crippen molar-refractivity contribution < 1.29 is 4.39 Å². The van der Waals surface area contributed by atoms with E-state index in [1.54, 1.807) is 12.1 Å². The zero-order valence-electron chi connectivity index (χ0n) is 9.22. The number of nitrogens with zero attached hydrogens (tertiary/aromatic N) is 2. The van der Waals surface area contributed by atoms with Crippen LogP contribution in [0.3, 0.4) is 0 Å². The van der Waals surface area contributed by atoms with Crippen molar-refractivity contribution in [3.05, 3.63) is 45.3 Å². The lowest BCUT2D eigenvalue weighted by molar-refractivity contribution is 0.628. The zero-order valence-corrected chi connectivity index (χ0v) is 11.5. The summed E-state index contributed by atoms with van der Waals surface area (Å²) < 4.78 is 13.1. The molecule has 2 aromatic heterocycles. The first-order valence-corrected chi connectivity index (χ1v) is 6.35. The molecule has 0 saturated carbocycles. The first-order chi connectivity index (χ1) is 9.04. The molecule has 0 aliphatic carbocycles. The van der Waals surface area contributed by atoms with Crippen molar-refractivity contribution in [3.63, 3.8) is 0 Å². The molecule has 7 heteroatoms. The van der Waals surface area contributed by atoms with Gasteiger partial charge in [-0.2, -0.15) is 0 Å². The molecule has 0 atom stereocenters. The third-order valence-electron chi connectivity index (χ3n) is 2.58. The summed E-state index contributed by atoms with van der Waals surface area (Å²) in [5, 5.41) is 0.549. The van der Waals surface area contributed by atoms with E-state index in [9.17, 15) is 4.39 Å². The van der Waals surface area contributed by atoms with Gasteiger partial charge in [-0.3, -0.25) is 0 Å². The first kappa shape index (κ1) is 12.7. The van der Waals surface area contributed by atoms with Gasteiger partial charge in [0.05, 0.1) is 15.6 Å². The largest absolute Gasteiger partial charge is 0.337 e. The van der Waals surface area contributed by atoms with Gasteiger partial charge in [0, 0.05) is 5.56 Å². The summed E-state index contributed by atoms with van der Waals surface area (Å²) in [5.41, 5.74) is 1.73. The van der Waals surface area contributed by atoms with Gasteiger partial charge < -0.3 is 4.98 Å². The average molecular weight is 317 g/mol. The predicted molar refractivity (Wildman–Crippen MR) is 74.3 cm³/mol. The van der Waals surface area contributed by atoms with Crippen molar-refractivity contribution in [2.45, 2.75) is 0 Å². The Kier molecular flexibility index (Phi) is 3.09. The summed E-state index contributed by atoms with van der Waals surface area (Å²) in [6.45, 7) is 0. The van der Waals surface area contributed by atoms with Crippen LogP contribution in [0.1, 0.15) is 0 Å². The number of hydrogen-bond acceptors (Lipinski definition) is 2. The first-order valence-electron chi connectivity index (χ1n) is 5.22. The van der Waals surface area contributed by atoms with E-state index in [2.05, 4.69) is 15.0 Å². The zero-order chi connectivity index (χ0) is 13.6. The SMILES string of the molecule is Fc1ccc(-c2nc3nc(Cl)c(Cl)cc3[nH]2)cc1Cl. The van der Waals surface area contributed by atoms with Crippen LogP contribution in [0.15, 0.2) is 24.3 Å². The Morgan fingerprint density at radius 3 is 2.53 bits per heavy atom. The molecule has 0 fully saturated rings. The summed E-state index contributed by atoms with van der Waals surface area (Å²) in [6.07, 6.45) is 0. The Bertz CT molecular complexity index is 746. The molecule has 1 N–H and O–H groups in total. The van der Waals surface area contributed by atoms with E-state index in [-0.39, 0.29) is 10.2 Å². The van der Waals surface area contributed by atoms with Gasteiger partial charge in [0.1, 0.15) is 16.8 Å².